The van der Waals surface area contributed by atoms with E-state index in [4.69, 9.17) is 15.9 Å². The summed E-state index contributed by atoms with van der Waals surface area (Å²) in [5.74, 6) is 0.102. The van der Waals surface area contributed by atoms with Gasteiger partial charge in [-0.15, -0.1) is 0 Å². The Bertz CT molecular complexity index is 323. The number of rotatable bonds is 6. The molecule has 0 aliphatic heterocycles. The van der Waals surface area contributed by atoms with Gasteiger partial charge in [0, 0.05) is 12.2 Å². The highest BCUT2D eigenvalue weighted by Gasteiger charge is 1.98. The van der Waals surface area contributed by atoms with Crippen molar-refractivity contribution >= 4 is 5.84 Å². The Hall–Kier alpha value is -1.35. The van der Waals surface area contributed by atoms with E-state index in [1.807, 2.05) is 24.3 Å². The van der Waals surface area contributed by atoms with E-state index in [-0.39, 0.29) is 5.84 Å². The van der Waals surface area contributed by atoms with Crippen LogP contribution in [-0.2, 0) is 11.3 Å². The first-order chi connectivity index (χ1) is 7.24. The van der Waals surface area contributed by atoms with Gasteiger partial charge in [-0.05, 0) is 18.1 Å². The predicted molar refractivity (Wildman–Crippen MR) is 62.0 cm³/mol. The first kappa shape index (κ1) is 11.7. The Morgan fingerprint density at radius 2 is 2.27 bits per heavy atom. The van der Waals surface area contributed by atoms with Crippen molar-refractivity contribution in [3.8, 4) is 0 Å². The Morgan fingerprint density at radius 3 is 2.93 bits per heavy atom. The van der Waals surface area contributed by atoms with Crippen LogP contribution in [0.1, 0.15) is 30.9 Å². The summed E-state index contributed by atoms with van der Waals surface area (Å²) in [6.45, 7) is 3.53. The number of amidine groups is 1. The van der Waals surface area contributed by atoms with Crippen LogP contribution in [0.5, 0.6) is 0 Å². The quantitative estimate of drug-likeness (QED) is 0.426. The minimum Gasteiger partial charge on any atom is -0.384 e. The standard InChI is InChI=1S/C12H18N2O/c1-2-3-7-15-9-10-5-4-6-11(8-10)12(13)14/h4-6,8H,2-3,7,9H2,1H3,(H3,13,14). The van der Waals surface area contributed by atoms with E-state index in [1.54, 1.807) is 0 Å². The summed E-state index contributed by atoms with van der Waals surface area (Å²) in [5.41, 5.74) is 7.23. The highest BCUT2D eigenvalue weighted by molar-refractivity contribution is 5.95. The fourth-order valence-corrected chi connectivity index (χ4v) is 1.27. The summed E-state index contributed by atoms with van der Waals surface area (Å²) >= 11 is 0. The topological polar surface area (TPSA) is 59.1 Å². The summed E-state index contributed by atoms with van der Waals surface area (Å²) in [5, 5.41) is 7.31. The van der Waals surface area contributed by atoms with Gasteiger partial charge in [-0.2, -0.15) is 0 Å². The molecular formula is C12H18N2O. The second kappa shape index (κ2) is 6.19. The smallest absolute Gasteiger partial charge is 0.122 e. The second-order valence-electron chi connectivity index (χ2n) is 3.52. The normalized spacial score (nSPS) is 10.2. The molecule has 3 nitrogen and oxygen atoms in total. The van der Waals surface area contributed by atoms with E-state index in [0.29, 0.717) is 6.61 Å². The molecule has 0 spiro atoms. The van der Waals surface area contributed by atoms with Crippen molar-refractivity contribution < 1.29 is 4.74 Å². The number of nitrogens with two attached hydrogens (primary N) is 1. The summed E-state index contributed by atoms with van der Waals surface area (Å²) in [6, 6.07) is 7.61. The zero-order valence-electron chi connectivity index (χ0n) is 9.12. The Labute approximate surface area is 90.8 Å². The van der Waals surface area contributed by atoms with Crippen LogP contribution in [0.2, 0.25) is 0 Å². The maximum atomic E-state index is 7.31. The summed E-state index contributed by atoms with van der Waals surface area (Å²) in [4.78, 5) is 0. The van der Waals surface area contributed by atoms with Crippen molar-refractivity contribution in [2.75, 3.05) is 6.61 Å². The van der Waals surface area contributed by atoms with Gasteiger partial charge < -0.3 is 10.5 Å². The maximum absolute atomic E-state index is 7.31. The van der Waals surface area contributed by atoms with Gasteiger partial charge in [0.25, 0.3) is 0 Å². The molecular weight excluding hydrogens is 188 g/mol. The van der Waals surface area contributed by atoms with Gasteiger partial charge in [0.15, 0.2) is 0 Å². The van der Waals surface area contributed by atoms with Crippen molar-refractivity contribution in [2.24, 2.45) is 5.73 Å². The highest BCUT2D eigenvalue weighted by atomic mass is 16.5. The van der Waals surface area contributed by atoms with Crippen LogP contribution in [-0.4, -0.2) is 12.4 Å². The number of nitrogen functional groups attached to an aromatic ring is 1. The Morgan fingerprint density at radius 1 is 1.47 bits per heavy atom. The van der Waals surface area contributed by atoms with E-state index >= 15 is 0 Å². The highest BCUT2D eigenvalue weighted by Crippen LogP contribution is 2.06. The van der Waals surface area contributed by atoms with E-state index in [1.165, 1.54) is 0 Å². The molecule has 0 atom stereocenters. The molecule has 3 N–H and O–H groups in total. The Balaban J connectivity index is 2.47. The number of nitrogens with one attached hydrogen (secondary N) is 1. The monoisotopic (exact) mass is 206 g/mol. The lowest BCUT2D eigenvalue weighted by atomic mass is 10.1. The predicted octanol–water partition coefficient (Wildman–Crippen LogP) is 2.29. The molecule has 0 saturated carbocycles. The van der Waals surface area contributed by atoms with Crippen molar-refractivity contribution in [2.45, 2.75) is 26.4 Å². The molecule has 1 aromatic carbocycles. The summed E-state index contributed by atoms with van der Waals surface area (Å²) in [7, 11) is 0. The Kier molecular flexibility index (Phi) is 4.84. The van der Waals surface area contributed by atoms with Crippen molar-refractivity contribution in [3.63, 3.8) is 0 Å². The molecule has 0 heterocycles. The number of hydrogen-bond donors (Lipinski definition) is 2. The third kappa shape index (κ3) is 4.13. The van der Waals surface area contributed by atoms with Crippen LogP contribution in [0.3, 0.4) is 0 Å². The van der Waals surface area contributed by atoms with Crippen LogP contribution in [0.25, 0.3) is 0 Å². The average molecular weight is 206 g/mol. The fraction of sp³-hybridized carbons (Fsp3) is 0.417. The number of benzene rings is 1. The van der Waals surface area contributed by atoms with Gasteiger partial charge in [0.2, 0.25) is 0 Å². The lowest BCUT2D eigenvalue weighted by molar-refractivity contribution is 0.118. The molecule has 1 aromatic rings. The molecule has 3 heteroatoms. The van der Waals surface area contributed by atoms with Gasteiger partial charge in [0.05, 0.1) is 6.61 Å². The zero-order chi connectivity index (χ0) is 11.1. The third-order valence-electron chi connectivity index (χ3n) is 2.15. The fourth-order valence-electron chi connectivity index (χ4n) is 1.27. The molecule has 1 rings (SSSR count). The second-order valence-corrected chi connectivity index (χ2v) is 3.52. The summed E-state index contributed by atoms with van der Waals surface area (Å²) < 4.78 is 5.48. The van der Waals surface area contributed by atoms with Gasteiger partial charge in [-0.3, -0.25) is 5.41 Å². The van der Waals surface area contributed by atoms with Gasteiger partial charge >= 0.3 is 0 Å². The molecule has 0 radical (unpaired) electrons. The SMILES string of the molecule is CCCCOCc1cccc(C(=N)N)c1. The van der Waals surface area contributed by atoms with E-state index < -0.39 is 0 Å². The molecule has 15 heavy (non-hydrogen) atoms. The largest absolute Gasteiger partial charge is 0.384 e. The van der Waals surface area contributed by atoms with Crippen molar-refractivity contribution in [3.05, 3.63) is 35.4 Å². The first-order valence-electron chi connectivity index (χ1n) is 5.25. The minimum absolute atomic E-state index is 0.102. The maximum Gasteiger partial charge on any atom is 0.122 e. The molecule has 0 aromatic heterocycles. The lowest BCUT2D eigenvalue weighted by Crippen LogP contribution is -2.11. The molecule has 0 unspecified atom stereocenters. The molecule has 0 bridgehead atoms. The first-order valence-corrected chi connectivity index (χ1v) is 5.25. The average Bonchev–Trinajstić information content (AvgIpc) is 2.25. The van der Waals surface area contributed by atoms with Gasteiger partial charge in [0.1, 0.15) is 5.84 Å². The van der Waals surface area contributed by atoms with Crippen molar-refractivity contribution in [1.82, 2.24) is 0 Å². The van der Waals surface area contributed by atoms with Crippen LogP contribution in [0, 0.1) is 5.41 Å². The molecule has 0 saturated heterocycles. The van der Waals surface area contributed by atoms with Gasteiger partial charge in [-0.1, -0.05) is 31.5 Å². The third-order valence-corrected chi connectivity index (χ3v) is 2.15. The minimum atomic E-state index is 0.102. The van der Waals surface area contributed by atoms with Crippen molar-refractivity contribution in [1.29, 1.82) is 5.41 Å². The van der Waals surface area contributed by atoms with E-state index in [0.717, 1.165) is 30.6 Å². The molecule has 0 fully saturated rings. The van der Waals surface area contributed by atoms with Crippen LogP contribution >= 0.6 is 0 Å². The molecule has 82 valence electrons. The summed E-state index contributed by atoms with van der Waals surface area (Å²) in [6.07, 6.45) is 2.24. The lowest BCUT2D eigenvalue weighted by Gasteiger charge is -2.05. The molecule has 0 amide bonds. The van der Waals surface area contributed by atoms with Gasteiger partial charge in [-0.25, -0.2) is 0 Å². The van der Waals surface area contributed by atoms with E-state index in [9.17, 15) is 0 Å². The van der Waals surface area contributed by atoms with Crippen LogP contribution in [0.4, 0.5) is 0 Å². The number of unbranched alkanes of at least 4 members (excludes halogenated alkanes) is 1. The number of ether oxygens (including phenoxy) is 1. The van der Waals surface area contributed by atoms with E-state index in [2.05, 4.69) is 6.92 Å². The number of hydrogen-bond acceptors (Lipinski definition) is 2. The molecule has 0 aliphatic rings. The zero-order valence-corrected chi connectivity index (χ0v) is 9.12. The molecule has 0 aliphatic carbocycles. The van der Waals surface area contributed by atoms with Crippen LogP contribution < -0.4 is 5.73 Å². The van der Waals surface area contributed by atoms with Crippen LogP contribution in [0.15, 0.2) is 24.3 Å².